The molecular weight excluding hydrogens is 354 g/mol. The Bertz CT molecular complexity index is 809. The number of nitrogens with one attached hydrogen (secondary N) is 1. The zero-order valence-corrected chi connectivity index (χ0v) is 16.6. The maximum atomic E-state index is 12.9. The minimum atomic E-state index is 0.0803. The number of nitrogens with zero attached hydrogens (tertiary/aromatic N) is 2. The zero-order valence-electron chi connectivity index (χ0n) is 16.6. The summed E-state index contributed by atoms with van der Waals surface area (Å²) in [7, 11) is 1.60. The molecule has 5 rings (SSSR count). The molecule has 2 amide bonds. The predicted molar refractivity (Wildman–Crippen MR) is 104 cm³/mol. The number of methoxy groups -OCH3 is 1. The van der Waals surface area contributed by atoms with Crippen LogP contribution in [0.25, 0.3) is 0 Å². The number of carbonyl (C=O) groups excluding carboxylic acids is 2. The van der Waals surface area contributed by atoms with Crippen molar-refractivity contribution < 1.29 is 14.3 Å². The Hall–Kier alpha value is -2.11. The molecule has 0 radical (unpaired) electrons. The van der Waals surface area contributed by atoms with Crippen LogP contribution in [0.1, 0.15) is 79.4 Å². The quantitative estimate of drug-likeness (QED) is 0.848. The first-order valence-corrected chi connectivity index (χ1v) is 10.8. The molecule has 1 spiro atoms. The molecule has 1 unspecified atom stereocenters. The second-order valence-corrected chi connectivity index (χ2v) is 9.07. The summed E-state index contributed by atoms with van der Waals surface area (Å²) in [6.45, 7) is 0.942. The van der Waals surface area contributed by atoms with Gasteiger partial charge in [0.15, 0.2) is 0 Å². The van der Waals surface area contributed by atoms with Crippen molar-refractivity contribution in [2.45, 2.75) is 76.9 Å². The van der Waals surface area contributed by atoms with Gasteiger partial charge in [-0.3, -0.25) is 9.59 Å². The van der Waals surface area contributed by atoms with Gasteiger partial charge in [-0.15, -0.1) is 0 Å². The minimum absolute atomic E-state index is 0.0803. The maximum Gasteiger partial charge on any atom is 0.256 e. The smallest absolute Gasteiger partial charge is 0.256 e. The van der Waals surface area contributed by atoms with Gasteiger partial charge < -0.3 is 15.0 Å². The second kappa shape index (κ2) is 6.75. The predicted octanol–water partition coefficient (Wildman–Crippen LogP) is 3.19. The first-order chi connectivity index (χ1) is 13.6. The average Bonchev–Trinajstić information content (AvgIpc) is 3.11. The highest BCUT2D eigenvalue weighted by Crippen LogP contribution is 2.62. The van der Waals surface area contributed by atoms with E-state index in [0.29, 0.717) is 36.0 Å². The number of hydrogen-bond donors (Lipinski definition) is 1. The van der Waals surface area contributed by atoms with Crippen molar-refractivity contribution in [2.75, 3.05) is 7.11 Å². The molecule has 2 heterocycles. The Morgan fingerprint density at radius 3 is 2.75 bits per heavy atom. The van der Waals surface area contributed by atoms with E-state index in [2.05, 4.69) is 10.3 Å². The van der Waals surface area contributed by atoms with Gasteiger partial charge in [-0.25, -0.2) is 4.98 Å². The SMILES string of the molecule is COc1nc2c(cc1CNC(=O)C1CC13CCCC3)C(=O)N(C1CCCC1)C2. The van der Waals surface area contributed by atoms with E-state index < -0.39 is 0 Å². The maximum absolute atomic E-state index is 12.9. The largest absolute Gasteiger partial charge is 0.481 e. The third-order valence-electron chi connectivity index (χ3n) is 7.47. The van der Waals surface area contributed by atoms with Crippen LogP contribution in [0.3, 0.4) is 0 Å². The van der Waals surface area contributed by atoms with Gasteiger partial charge in [-0.2, -0.15) is 0 Å². The minimum Gasteiger partial charge on any atom is -0.481 e. The van der Waals surface area contributed by atoms with E-state index in [1.165, 1.54) is 38.5 Å². The summed E-state index contributed by atoms with van der Waals surface area (Å²) in [4.78, 5) is 32.1. The summed E-state index contributed by atoms with van der Waals surface area (Å²) in [6.07, 6.45) is 10.5. The van der Waals surface area contributed by atoms with Crippen LogP contribution in [0, 0.1) is 11.3 Å². The molecule has 150 valence electrons. The normalized spacial score (nSPS) is 25.4. The van der Waals surface area contributed by atoms with E-state index >= 15 is 0 Å². The van der Waals surface area contributed by atoms with E-state index in [-0.39, 0.29) is 17.7 Å². The number of hydrogen-bond acceptors (Lipinski definition) is 4. The summed E-state index contributed by atoms with van der Waals surface area (Å²) in [5.41, 5.74) is 2.56. The lowest BCUT2D eigenvalue weighted by Crippen LogP contribution is -2.33. The van der Waals surface area contributed by atoms with Crippen LogP contribution in [-0.4, -0.2) is 34.8 Å². The van der Waals surface area contributed by atoms with Gasteiger partial charge in [0.1, 0.15) is 0 Å². The number of fused-ring (bicyclic) bond motifs is 1. The van der Waals surface area contributed by atoms with Crippen LogP contribution < -0.4 is 10.1 Å². The van der Waals surface area contributed by atoms with Gasteiger partial charge in [-0.1, -0.05) is 25.7 Å². The lowest BCUT2D eigenvalue weighted by Gasteiger charge is -2.22. The molecule has 3 saturated carbocycles. The van der Waals surface area contributed by atoms with Crippen molar-refractivity contribution in [3.05, 3.63) is 22.9 Å². The fourth-order valence-electron chi connectivity index (χ4n) is 5.74. The molecule has 3 fully saturated rings. The molecule has 1 atom stereocenters. The average molecular weight is 383 g/mol. The number of pyridine rings is 1. The van der Waals surface area contributed by atoms with Gasteiger partial charge in [-0.05, 0) is 43.6 Å². The summed E-state index contributed by atoms with van der Waals surface area (Å²) in [6, 6.07) is 2.23. The molecule has 1 aliphatic heterocycles. The van der Waals surface area contributed by atoms with Crippen LogP contribution in [0.5, 0.6) is 5.88 Å². The summed E-state index contributed by atoms with van der Waals surface area (Å²) in [5.74, 6) is 0.912. The number of aromatic nitrogens is 1. The van der Waals surface area contributed by atoms with E-state index in [9.17, 15) is 9.59 Å². The van der Waals surface area contributed by atoms with E-state index in [1.807, 2.05) is 11.0 Å². The third kappa shape index (κ3) is 2.88. The Labute approximate surface area is 166 Å². The lowest BCUT2D eigenvalue weighted by atomic mass is 10.0. The molecule has 3 aliphatic carbocycles. The molecule has 6 nitrogen and oxygen atoms in total. The van der Waals surface area contributed by atoms with Crippen LogP contribution in [0.4, 0.5) is 0 Å². The molecular formula is C22H29N3O3. The molecule has 0 bridgehead atoms. The van der Waals surface area contributed by atoms with E-state index in [4.69, 9.17) is 4.74 Å². The van der Waals surface area contributed by atoms with Crippen LogP contribution in [-0.2, 0) is 17.9 Å². The molecule has 6 heteroatoms. The van der Waals surface area contributed by atoms with Gasteiger partial charge in [0.05, 0.1) is 24.9 Å². The van der Waals surface area contributed by atoms with Crippen molar-refractivity contribution in [3.8, 4) is 5.88 Å². The van der Waals surface area contributed by atoms with Gasteiger partial charge in [0, 0.05) is 24.1 Å². The summed E-state index contributed by atoms with van der Waals surface area (Å²) < 4.78 is 5.48. The van der Waals surface area contributed by atoms with E-state index in [1.54, 1.807) is 7.11 Å². The summed E-state index contributed by atoms with van der Waals surface area (Å²) >= 11 is 0. The topological polar surface area (TPSA) is 71.5 Å². The standard InChI is InChI=1S/C22H29N3O3/c1-28-20-14(12-23-19(26)17-11-22(17)8-4-5-9-22)10-16-18(24-20)13-25(21(16)27)15-6-2-3-7-15/h10,15,17H,2-9,11-13H2,1H3,(H,23,26). The van der Waals surface area contributed by atoms with Crippen molar-refractivity contribution in [3.63, 3.8) is 0 Å². The van der Waals surface area contributed by atoms with Crippen LogP contribution >= 0.6 is 0 Å². The van der Waals surface area contributed by atoms with Crippen molar-refractivity contribution >= 4 is 11.8 Å². The first-order valence-electron chi connectivity index (χ1n) is 10.8. The highest BCUT2D eigenvalue weighted by molar-refractivity contribution is 5.98. The van der Waals surface area contributed by atoms with E-state index in [0.717, 1.165) is 30.5 Å². The first kappa shape index (κ1) is 18.0. The fourth-order valence-corrected chi connectivity index (χ4v) is 5.74. The molecule has 1 aromatic rings. The van der Waals surface area contributed by atoms with Crippen LogP contribution in [0.2, 0.25) is 0 Å². The van der Waals surface area contributed by atoms with Crippen molar-refractivity contribution in [2.24, 2.45) is 11.3 Å². The monoisotopic (exact) mass is 383 g/mol. The molecule has 1 aromatic heterocycles. The van der Waals surface area contributed by atoms with Gasteiger partial charge in [0.2, 0.25) is 11.8 Å². The molecule has 0 saturated heterocycles. The number of amides is 2. The number of ether oxygens (including phenoxy) is 1. The fraction of sp³-hybridized carbons (Fsp3) is 0.682. The number of carbonyl (C=O) groups is 2. The van der Waals surface area contributed by atoms with Crippen molar-refractivity contribution in [1.82, 2.24) is 15.2 Å². The second-order valence-electron chi connectivity index (χ2n) is 9.07. The molecule has 28 heavy (non-hydrogen) atoms. The Morgan fingerprint density at radius 2 is 2.04 bits per heavy atom. The Balaban J connectivity index is 1.29. The highest BCUT2D eigenvalue weighted by Gasteiger charge is 2.58. The third-order valence-corrected chi connectivity index (χ3v) is 7.47. The lowest BCUT2D eigenvalue weighted by molar-refractivity contribution is -0.123. The number of rotatable bonds is 5. The summed E-state index contributed by atoms with van der Waals surface area (Å²) in [5, 5.41) is 3.08. The van der Waals surface area contributed by atoms with Crippen LogP contribution in [0.15, 0.2) is 6.07 Å². The highest BCUT2D eigenvalue weighted by atomic mass is 16.5. The van der Waals surface area contributed by atoms with Gasteiger partial charge >= 0.3 is 0 Å². The van der Waals surface area contributed by atoms with Gasteiger partial charge in [0.25, 0.3) is 5.91 Å². The Morgan fingerprint density at radius 1 is 1.29 bits per heavy atom. The Kier molecular flexibility index (Phi) is 4.33. The van der Waals surface area contributed by atoms with Crippen molar-refractivity contribution in [1.29, 1.82) is 0 Å². The zero-order chi connectivity index (χ0) is 19.3. The molecule has 1 N–H and O–H groups in total. The molecule has 0 aromatic carbocycles. The molecule has 4 aliphatic rings.